The quantitative estimate of drug-likeness (QED) is 0.326. The van der Waals surface area contributed by atoms with Crippen LogP contribution in [0.15, 0.2) is 48.8 Å². The fourth-order valence-corrected chi connectivity index (χ4v) is 6.29. The third-order valence-corrected chi connectivity index (χ3v) is 8.47. The first kappa shape index (κ1) is 25.0. The van der Waals surface area contributed by atoms with Crippen molar-refractivity contribution in [1.82, 2.24) is 30.4 Å². The van der Waals surface area contributed by atoms with Crippen LogP contribution < -0.4 is 10.6 Å². The Morgan fingerprint density at radius 2 is 1.49 bits per heavy atom. The van der Waals surface area contributed by atoms with E-state index in [9.17, 15) is 9.59 Å². The summed E-state index contributed by atoms with van der Waals surface area (Å²) < 4.78 is 0. The van der Waals surface area contributed by atoms with Crippen LogP contribution >= 0.6 is 22.7 Å². The number of nitrogens with one attached hydrogen (secondary N) is 2. The van der Waals surface area contributed by atoms with Gasteiger partial charge in [0.25, 0.3) is 0 Å². The van der Waals surface area contributed by atoms with Gasteiger partial charge in [0.15, 0.2) is 0 Å². The van der Waals surface area contributed by atoms with Crippen LogP contribution in [0.1, 0.15) is 59.4 Å². The van der Waals surface area contributed by atoms with E-state index in [1.165, 1.54) is 22.7 Å². The van der Waals surface area contributed by atoms with Crippen LogP contribution in [0.4, 0.5) is 10.3 Å². The highest BCUT2D eigenvalue weighted by Gasteiger charge is 2.34. The first-order valence-corrected chi connectivity index (χ1v) is 13.7. The highest BCUT2D eigenvalue weighted by Crippen LogP contribution is 2.46. The summed E-state index contributed by atoms with van der Waals surface area (Å²) in [5, 5.41) is 25.6. The van der Waals surface area contributed by atoms with E-state index < -0.39 is 0 Å². The molecular formula is C25H26N8O2S2. The number of pyridine rings is 2. The van der Waals surface area contributed by atoms with Crippen LogP contribution in [0.2, 0.25) is 0 Å². The number of rotatable bonds is 9. The summed E-state index contributed by atoms with van der Waals surface area (Å²) in [7, 11) is 0. The minimum atomic E-state index is -0.158. The van der Waals surface area contributed by atoms with Crippen molar-refractivity contribution in [3.05, 3.63) is 70.2 Å². The molecule has 0 aliphatic heterocycles. The number of hydrogen-bond donors (Lipinski definition) is 2. The molecule has 37 heavy (non-hydrogen) atoms. The average Bonchev–Trinajstić information content (AvgIpc) is 3.66. The molecule has 0 spiro atoms. The minimum Gasteiger partial charge on any atom is -0.300 e. The number of hydrogen-bond acceptors (Lipinski definition) is 10. The highest BCUT2D eigenvalue weighted by molar-refractivity contribution is 7.15. The lowest BCUT2D eigenvalue weighted by molar-refractivity contribution is -0.116. The molecule has 1 saturated carbocycles. The maximum Gasteiger partial charge on any atom is 0.232 e. The molecule has 4 aromatic heterocycles. The van der Waals surface area contributed by atoms with Crippen LogP contribution in [-0.2, 0) is 22.4 Å². The fraction of sp³-hybridized carbons (Fsp3) is 0.360. The van der Waals surface area contributed by atoms with E-state index >= 15 is 0 Å². The van der Waals surface area contributed by atoms with Crippen LogP contribution in [0, 0.1) is 5.92 Å². The topological polar surface area (TPSA) is 136 Å². The molecule has 12 heteroatoms. The minimum absolute atomic E-state index is 0.154. The number of carbonyl (C=O) groups is 2. The van der Waals surface area contributed by atoms with Crippen molar-refractivity contribution >= 4 is 44.8 Å². The molecule has 1 aliphatic carbocycles. The van der Waals surface area contributed by atoms with Crippen LogP contribution in [0.5, 0.6) is 0 Å². The number of aromatic nitrogens is 6. The van der Waals surface area contributed by atoms with E-state index in [2.05, 4.69) is 47.9 Å². The maximum atomic E-state index is 12.3. The molecule has 1 fully saturated rings. The lowest BCUT2D eigenvalue weighted by Gasteiger charge is -2.16. The second-order valence-corrected chi connectivity index (χ2v) is 11.1. The van der Waals surface area contributed by atoms with E-state index in [1.807, 2.05) is 36.4 Å². The van der Waals surface area contributed by atoms with Crippen LogP contribution in [0.3, 0.4) is 0 Å². The van der Waals surface area contributed by atoms with E-state index in [-0.39, 0.29) is 30.6 Å². The first-order chi connectivity index (χ1) is 18.0. The van der Waals surface area contributed by atoms with Crippen LogP contribution in [-0.4, -0.2) is 42.2 Å². The highest BCUT2D eigenvalue weighted by atomic mass is 32.1. The van der Waals surface area contributed by atoms with Gasteiger partial charge in [0.1, 0.15) is 10.0 Å². The summed E-state index contributed by atoms with van der Waals surface area (Å²) in [6.07, 6.45) is 6.77. The number of anilines is 2. The van der Waals surface area contributed by atoms with Gasteiger partial charge in [-0.1, -0.05) is 41.7 Å². The molecule has 4 heterocycles. The number of nitrogens with zero attached hydrogens (tertiary/aromatic N) is 6. The Morgan fingerprint density at radius 1 is 0.865 bits per heavy atom. The van der Waals surface area contributed by atoms with Gasteiger partial charge in [-0.2, -0.15) is 0 Å². The zero-order valence-electron chi connectivity index (χ0n) is 20.2. The smallest absolute Gasteiger partial charge is 0.232 e. The molecule has 0 saturated heterocycles. The third kappa shape index (κ3) is 6.57. The molecule has 2 N–H and O–H groups in total. The van der Waals surface area contributed by atoms with Crippen molar-refractivity contribution in [2.24, 2.45) is 5.92 Å². The molecule has 0 bridgehead atoms. The second-order valence-electron chi connectivity index (χ2n) is 9.04. The summed E-state index contributed by atoms with van der Waals surface area (Å²) in [5.74, 6) is 0.639. The molecule has 0 radical (unpaired) electrons. The van der Waals surface area contributed by atoms with Crippen molar-refractivity contribution in [3.63, 3.8) is 0 Å². The summed E-state index contributed by atoms with van der Waals surface area (Å²) in [6.45, 7) is 2.16. The molecule has 4 aromatic rings. The van der Waals surface area contributed by atoms with E-state index in [0.29, 0.717) is 33.5 Å². The van der Waals surface area contributed by atoms with E-state index in [1.54, 1.807) is 12.4 Å². The van der Waals surface area contributed by atoms with Crippen molar-refractivity contribution in [1.29, 1.82) is 0 Å². The Labute approximate surface area is 222 Å². The Kier molecular flexibility index (Phi) is 7.85. The van der Waals surface area contributed by atoms with Gasteiger partial charge in [0, 0.05) is 35.6 Å². The predicted molar refractivity (Wildman–Crippen MR) is 141 cm³/mol. The van der Waals surface area contributed by atoms with Gasteiger partial charge in [-0.3, -0.25) is 19.6 Å². The van der Waals surface area contributed by atoms with Crippen molar-refractivity contribution < 1.29 is 9.59 Å². The van der Waals surface area contributed by atoms with Gasteiger partial charge in [0.2, 0.25) is 22.1 Å². The normalized spacial score (nSPS) is 17.9. The Morgan fingerprint density at radius 3 is 2.11 bits per heavy atom. The van der Waals surface area contributed by atoms with Gasteiger partial charge >= 0.3 is 0 Å². The lowest BCUT2D eigenvalue weighted by Crippen LogP contribution is -2.14. The van der Waals surface area contributed by atoms with Gasteiger partial charge in [-0.15, -0.1) is 20.4 Å². The monoisotopic (exact) mass is 534 g/mol. The van der Waals surface area contributed by atoms with Crippen molar-refractivity contribution in [3.8, 4) is 0 Å². The van der Waals surface area contributed by atoms with E-state index in [4.69, 9.17) is 0 Å². The third-order valence-electron chi connectivity index (χ3n) is 6.43. The molecular weight excluding hydrogens is 508 g/mol. The molecule has 3 atom stereocenters. The zero-order valence-corrected chi connectivity index (χ0v) is 21.8. The second kappa shape index (κ2) is 11.6. The maximum absolute atomic E-state index is 12.3. The SMILES string of the molecule is CC(c1nnc(NC(=O)Cc2ccccn2)s1)C1CCC(c2nnc(NC(=O)Cc3ccccn3)s2)C1. The predicted octanol–water partition coefficient (Wildman–Crippen LogP) is 4.23. The number of carbonyl (C=O) groups excluding carboxylic acids is 2. The molecule has 10 nitrogen and oxygen atoms in total. The van der Waals surface area contributed by atoms with Crippen molar-refractivity contribution in [2.75, 3.05) is 10.6 Å². The molecule has 1 aliphatic rings. The van der Waals surface area contributed by atoms with Gasteiger partial charge < -0.3 is 10.6 Å². The van der Waals surface area contributed by atoms with Crippen molar-refractivity contribution in [2.45, 2.75) is 50.9 Å². The van der Waals surface area contributed by atoms with E-state index in [0.717, 1.165) is 29.3 Å². The standard InChI is InChI=1S/C25H26N8O2S2/c1-15(22-30-32-24(36-22)28-20(34)13-18-6-2-4-10-26-18)16-8-9-17(12-16)23-31-33-25(37-23)29-21(35)14-19-7-3-5-11-27-19/h2-7,10-11,15-17H,8-9,12-14H2,1H3,(H,28,32,34)(H,29,33,35). The number of amides is 2. The van der Waals surface area contributed by atoms with Gasteiger partial charge in [-0.05, 0) is 49.4 Å². The summed E-state index contributed by atoms with van der Waals surface area (Å²) in [6, 6.07) is 11.0. The Bertz CT molecular complexity index is 1350. The van der Waals surface area contributed by atoms with Gasteiger partial charge in [0.05, 0.1) is 12.8 Å². The summed E-state index contributed by atoms with van der Waals surface area (Å²) in [4.78, 5) is 33.0. The Hall–Kier alpha value is -3.64. The summed E-state index contributed by atoms with van der Waals surface area (Å²) >= 11 is 2.86. The molecule has 0 aromatic carbocycles. The molecule has 3 unspecified atom stereocenters. The average molecular weight is 535 g/mol. The van der Waals surface area contributed by atoms with Gasteiger partial charge in [-0.25, -0.2) is 0 Å². The Balaban J connectivity index is 1.12. The first-order valence-electron chi connectivity index (χ1n) is 12.1. The van der Waals surface area contributed by atoms with Crippen LogP contribution in [0.25, 0.3) is 0 Å². The summed E-state index contributed by atoms with van der Waals surface area (Å²) in [5.41, 5.74) is 1.42. The molecule has 190 valence electrons. The fourth-order valence-electron chi connectivity index (χ4n) is 4.48. The zero-order chi connectivity index (χ0) is 25.6. The molecule has 2 amide bonds. The lowest BCUT2D eigenvalue weighted by atomic mass is 9.92. The molecule has 5 rings (SSSR count). The largest absolute Gasteiger partial charge is 0.300 e.